The number of piperidine rings is 1. The summed E-state index contributed by atoms with van der Waals surface area (Å²) >= 11 is 0. The summed E-state index contributed by atoms with van der Waals surface area (Å²) in [5.74, 6) is -0.428. The van der Waals surface area contributed by atoms with Crippen LogP contribution in [0.1, 0.15) is 52.5 Å². The molecule has 0 bridgehead atoms. The van der Waals surface area contributed by atoms with Crippen LogP contribution in [-0.2, 0) is 14.3 Å². The number of rotatable bonds is 3. The molecule has 1 aliphatic heterocycles. The van der Waals surface area contributed by atoms with Crippen molar-refractivity contribution in [2.24, 2.45) is 0 Å². The number of amides is 3. The van der Waals surface area contributed by atoms with E-state index in [0.29, 0.717) is 24.3 Å². The molecule has 0 saturated carbocycles. The fraction of sp³-hybridized carbons (Fsp3) is 0.550. The third kappa shape index (κ3) is 5.98. The Morgan fingerprint density at radius 1 is 1.15 bits per heavy atom. The summed E-state index contributed by atoms with van der Waals surface area (Å²) < 4.78 is 5.45. The molecule has 1 fully saturated rings. The summed E-state index contributed by atoms with van der Waals surface area (Å²) in [5.41, 5.74) is 1.51. The van der Waals surface area contributed by atoms with Crippen molar-refractivity contribution in [1.82, 2.24) is 4.90 Å². The molecule has 0 aromatic heterocycles. The van der Waals surface area contributed by atoms with Gasteiger partial charge in [0, 0.05) is 24.8 Å². The van der Waals surface area contributed by atoms with E-state index < -0.39 is 17.7 Å². The van der Waals surface area contributed by atoms with Gasteiger partial charge < -0.3 is 15.4 Å². The average Bonchev–Trinajstić information content (AvgIpc) is 2.56. The maximum absolute atomic E-state index is 12.8. The van der Waals surface area contributed by atoms with Crippen LogP contribution < -0.4 is 10.6 Å². The molecule has 1 unspecified atom stereocenters. The van der Waals surface area contributed by atoms with Crippen LogP contribution >= 0.6 is 0 Å². The minimum absolute atomic E-state index is 0.176. The lowest BCUT2D eigenvalue weighted by molar-refractivity contribution is -0.122. The summed E-state index contributed by atoms with van der Waals surface area (Å²) in [5, 5.41) is 5.60. The first-order valence-electron chi connectivity index (χ1n) is 9.25. The molecule has 27 heavy (non-hydrogen) atoms. The van der Waals surface area contributed by atoms with E-state index in [1.54, 1.807) is 32.9 Å². The lowest BCUT2D eigenvalue weighted by Gasteiger charge is -2.35. The molecule has 0 aliphatic carbocycles. The Morgan fingerprint density at radius 2 is 1.85 bits per heavy atom. The Balaban J connectivity index is 2.13. The monoisotopic (exact) mass is 375 g/mol. The molecule has 1 heterocycles. The highest BCUT2D eigenvalue weighted by Crippen LogP contribution is 2.24. The third-order valence-electron chi connectivity index (χ3n) is 4.25. The number of ether oxygens (including phenoxy) is 1. The normalized spacial score (nSPS) is 17.2. The van der Waals surface area contributed by atoms with Gasteiger partial charge in [-0.25, -0.2) is 4.79 Å². The van der Waals surface area contributed by atoms with Gasteiger partial charge in [-0.2, -0.15) is 0 Å². The number of aryl methyl sites for hydroxylation is 1. The number of carbonyl (C=O) groups excluding carboxylic acids is 3. The number of anilines is 2. The number of carbonyl (C=O) groups is 3. The maximum atomic E-state index is 12.8. The number of nitrogens with zero attached hydrogens (tertiary/aromatic N) is 1. The van der Waals surface area contributed by atoms with Gasteiger partial charge in [-0.3, -0.25) is 14.5 Å². The Kier molecular flexibility index (Phi) is 6.46. The summed E-state index contributed by atoms with van der Waals surface area (Å²) in [6.45, 7) is 9.23. The van der Waals surface area contributed by atoms with Crippen molar-refractivity contribution in [2.45, 2.75) is 65.5 Å². The van der Waals surface area contributed by atoms with Crippen molar-refractivity contribution in [3.63, 3.8) is 0 Å². The number of benzene rings is 1. The minimum Gasteiger partial charge on any atom is -0.444 e. The zero-order valence-electron chi connectivity index (χ0n) is 16.7. The minimum atomic E-state index is -0.611. The Morgan fingerprint density at radius 3 is 2.48 bits per heavy atom. The van der Waals surface area contributed by atoms with Crippen molar-refractivity contribution in [2.75, 3.05) is 17.2 Å². The highest BCUT2D eigenvalue weighted by atomic mass is 16.6. The van der Waals surface area contributed by atoms with Crippen molar-refractivity contribution in [3.8, 4) is 0 Å². The standard InChI is InChI=1S/C20H29N3O4/c1-13-9-10-15(12-16(13)21-14(2)24)22-18(25)17-8-6-7-11-23(17)19(26)27-20(3,4)5/h9-10,12,17H,6-8,11H2,1-5H3,(H,21,24)(H,22,25). The SMILES string of the molecule is CC(=O)Nc1cc(NC(=O)C2CCCCN2C(=O)OC(C)(C)C)ccc1C. The van der Waals surface area contributed by atoms with Gasteiger partial charge in [0.1, 0.15) is 11.6 Å². The zero-order valence-corrected chi connectivity index (χ0v) is 16.7. The second-order valence-corrected chi connectivity index (χ2v) is 7.89. The van der Waals surface area contributed by atoms with Gasteiger partial charge in [-0.1, -0.05) is 6.07 Å². The highest BCUT2D eigenvalue weighted by Gasteiger charge is 2.34. The van der Waals surface area contributed by atoms with Crippen LogP contribution in [0, 0.1) is 6.92 Å². The molecule has 0 radical (unpaired) electrons. The van der Waals surface area contributed by atoms with E-state index in [1.807, 2.05) is 13.0 Å². The van der Waals surface area contributed by atoms with E-state index in [9.17, 15) is 14.4 Å². The zero-order chi connectivity index (χ0) is 20.2. The molecule has 1 atom stereocenters. The number of nitrogens with one attached hydrogen (secondary N) is 2. The predicted octanol–water partition coefficient (Wildman–Crippen LogP) is 3.68. The van der Waals surface area contributed by atoms with Crippen LogP contribution in [0.2, 0.25) is 0 Å². The van der Waals surface area contributed by atoms with Gasteiger partial charge in [-0.05, 0) is 64.7 Å². The second-order valence-electron chi connectivity index (χ2n) is 7.89. The van der Waals surface area contributed by atoms with E-state index in [1.165, 1.54) is 11.8 Å². The summed E-state index contributed by atoms with van der Waals surface area (Å²) in [6.07, 6.45) is 1.85. The quantitative estimate of drug-likeness (QED) is 0.843. The van der Waals surface area contributed by atoms with Gasteiger partial charge in [0.05, 0.1) is 0 Å². The van der Waals surface area contributed by atoms with E-state index in [4.69, 9.17) is 4.74 Å². The lowest BCUT2D eigenvalue weighted by Crippen LogP contribution is -2.51. The second kappa shape index (κ2) is 8.41. The Labute approximate surface area is 160 Å². The van der Waals surface area contributed by atoms with Crippen molar-refractivity contribution >= 4 is 29.3 Å². The maximum Gasteiger partial charge on any atom is 0.410 e. The highest BCUT2D eigenvalue weighted by molar-refractivity contribution is 5.98. The fourth-order valence-corrected chi connectivity index (χ4v) is 2.99. The molecule has 148 valence electrons. The van der Waals surface area contributed by atoms with E-state index >= 15 is 0 Å². The van der Waals surface area contributed by atoms with Crippen LogP contribution in [0.25, 0.3) is 0 Å². The van der Waals surface area contributed by atoms with Gasteiger partial charge in [0.15, 0.2) is 0 Å². The molecular formula is C20H29N3O4. The number of likely N-dealkylation sites (tertiary alicyclic amines) is 1. The molecule has 1 aromatic rings. The summed E-state index contributed by atoms with van der Waals surface area (Å²) in [6, 6.07) is 4.75. The summed E-state index contributed by atoms with van der Waals surface area (Å²) in [7, 11) is 0. The molecule has 1 saturated heterocycles. The first-order chi connectivity index (χ1) is 12.6. The van der Waals surface area contributed by atoms with Crippen molar-refractivity contribution < 1.29 is 19.1 Å². The molecule has 0 spiro atoms. The van der Waals surface area contributed by atoms with Crippen LogP contribution in [0.5, 0.6) is 0 Å². The van der Waals surface area contributed by atoms with Crippen molar-refractivity contribution in [1.29, 1.82) is 0 Å². The van der Waals surface area contributed by atoms with Gasteiger partial charge in [0.2, 0.25) is 11.8 Å². The largest absolute Gasteiger partial charge is 0.444 e. The predicted molar refractivity (Wildman–Crippen MR) is 105 cm³/mol. The van der Waals surface area contributed by atoms with Gasteiger partial charge in [-0.15, -0.1) is 0 Å². The molecule has 2 N–H and O–H groups in total. The van der Waals surface area contributed by atoms with E-state index in [0.717, 1.165) is 18.4 Å². The molecule has 1 aromatic carbocycles. The fourth-order valence-electron chi connectivity index (χ4n) is 2.99. The van der Waals surface area contributed by atoms with E-state index in [2.05, 4.69) is 10.6 Å². The lowest BCUT2D eigenvalue weighted by atomic mass is 10.0. The molecular weight excluding hydrogens is 346 g/mol. The Bertz CT molecular complexity index is 724. The molecule has 2 rings (SSSR count). The van der Waals surface area contributed by atoms with Gasteiger partial charge >= 0.3 is 6.09 Å². The molecule has 1 aliphatic rings. The van der Waals surface area contributed by atoms with Crippen LogP contribution in [0.4, 0.5) is 16.2 Å². The molecule has 7 nitrogen and oxygen atoms in total. The number of hydrogen-bond donors (Lipinski definition) is 2. The molecule has 7 heteroatoms. The first kappa shape index (κ1) is 20.7. The molecule has 3 amide bonds. The van der Waals surface area contributed by atoms with Gasteiger partial charge in [0.25, 0.3) is 0 Å². The van der Waals surface area contributed by atoms with E-state index in [-0.39, 0.29) is 11.8 Å². The van der Waals surface area contributed by atoms with Crippen LogP contribution in [0.15, 0.2) is 18.2 Å². The number of hydrogen-bond acceptors (Lipinski definition) is 4. The van der Waals surface area contributed by atoms with Crippen LogP contribution in [0.3, 0.4) is 0 Å². The average molecular weight is 375 g/mol. The summed E-state index contributed by atoms with van der Waals surface area (Å²) in [4.78, 5) is 38.1. The van der Waals surface area contributed by atoms with Crippen molar-refractivity contribution in [3.05, 3.63) is 23.8 Å². The van der Waals surface area contributed by atoms with Crippen LogP contribution in [-0.4, -0.2) is 41.0 Å². The smallest absolute Gasteiger partial charge is 0.410 e. The first-order valence-corrected chi connectivity index (χ1v) is 9.25. The topological polar surface area (TPSA) is 87.7 Å². The Hall–Kier alpha value is -2.57. The third-order valence-corrected chi connectivity index (χ3v) is 4.25.